The maximum absolute atomic E-state index is 11.9. The molecule has 0 spiro atoms. The number of nitrogens with zero attached hydrogens (tertiary/aromatic N) is 2. The van der Waals surface area contributed by atoms with Gasteiger partial charge in [-0.15, -0.1) is 0 Å². The first-order valence-electron chi connectivity index (χ1n) is 6.32. The van der Waals surface area contributed by atoms with E-state index in [0.29, 0.717) is 6.54 Å². The number of carbonyl (C=O) groups is 1. The summed E-state index contributed by atoms with van der Waals surface area (Å²) in [5.41, 5.74) is 4.74. The van der Waals surface area contributed by atoms with Gasteiger partial charge in [0, 0.05) is 13.6 Å². The molecule has 0 aliphatic carbocycles. The van der Waals surface area contributed by atoms with Crippen molar-refractivity contribution < 1.29 is 4.79 Å². The van der Waals surface area contributed by atoms with Gasteiger partial charge in [0.05, 0.1) is 5.75 Å². The Morgan fingerprint density at radius 1 is 1.45 bits per heavy atom. The molecular formula is C12H20N4O3S. The molecule has 1 aromatic heterocycles. The lowest BCUT2D eigenvalue weighted by Gasteiger charge is -2.20. The van der Waals surface area contributed by atoms with Gasteiger partial charge in [0.15, 0.2) is 5.69 Å². The smallest absolute Gasteiger partial charge is 0.330 e. The number of hydrogen-bond donors (Lipinski definition) is 2. The number of nitrogens with two attached hydrogens (primary N) is 1. The summed E-state index contributed by atoms with van der Waals surface area (Å²) in [5, 5.41) is 0. The molecule has 1 amide bonds. The Balaban J connectivity index is 3.29. The van der Waals surface area contributed by atoms with Crippen molar-refractivity contribution in [3.05, 3.63) is 20.8 Å². The van der Waals surface area contributed by atoms with Crippen LogP contribution in [0.2, 0.25) is 0 Å². The molecule has 0 aromatic carbocycles. The number of thioether (sulfide) groups is 1. The van der Waals surface area contributed by atoms with Crippen LogP contribution in [0, 0.1) is 0 Å². The summed E-state index contributed by atoms with van der Waals surface area (Å²) in [6, 6.07) is 0. The molecule has 0 bridgehead atoms. The van der Waals surface area contributed by atoms with Crippen LogP contribution in [0.15, 0.2) is 9.59 Å². The summed E-state index contributed by atoms with van der Waals surface area (Å²) in [7, 11) is 1.48. The zero-order valence-corrected chi connectivity index (χ0v) is 12.7. The van der Waals surface area contributed by atoms with Crippen molar-refractivity contribution in [2.75, 3.05) is 29.7 Å². The minimum absolute atomic E-state index is 0.0275. The van der Waals surface area contributed by atoms with Crippen molar-refractivity contribution in [2.45, 2.75) is 26.3 Å². The zero-order valence-electron chi connectivity index (χ0n) is 11.9. The standard InChI is InChI=1S/C12H20N4O3S/c1-4-5-6-16-10(13)9(11(18)14-12(16)19)15(2)8(17)7-20-3/h4-7,13H2,1-3H3,(H,14,18,19). The van der Waals surface area contributed by atoms with Crippen LogP contribution in [-0.4, -0.2) is 34.5 Å². The van der Waals surface area contributed by atoms with Gasteiger partial charge in [-0.05, 0) is 12.7 Å². The molecule has 0 saturated heterocycles. The van der Waals surface area contributed by atoms with E-state index in [1.165, 1.54) is 28.3 Å². The minimum Gasteiger partial charge on any atom is -0.383 e. The Hall–Kier alpha value is -1.70. The van der Waals surface area contributed by atoms with E-state index in [-0.39, 0.29) is 23.2 Å². The summed E-state index contributed by atoms with van der Waals surface area (Å²) >= 11 is 1.35. The molecule has 1 aromatic rings. The third kappa shape index (κ3) is 3.44. The fourth-order valence-corrected chi connectivity index (χ4v) is 2.23. The third-order valence-corrected chi connectivity index (χ3v) is 3.46. The molecule has 7 nitrogen and oxygen atoms in total. The van der Waals surface area contributed by atoms with E-state index in [4.69, 9.17) is 5.73 Å². The Labute approximate surface area is 121 Å². The SMILES string of the molecule is CCCCn1c(N)c(N(C)C(=O)CSC)c(=O)[nH]c1=O. The van der Waals surface area contributed by atoms with Crippen LogP contribution in [0.25, 0.3) is 0 Å². The van der Waals surface area contributed by atoms with Gasteiger partial charge < -0.3 is 10.6 Å². The molecule has 112 valence electrons. The van der Waals surface area contributed by atoms with Crippen molar-refractivity contribution in [1.82, 2.24) is 9.55 Å². The summed E-state index contributed by atoms with van der Waals surface area (Å²) in [6.45, 7) is 2.40. The third-order valence-electron chi connectivity index (χ3n) is 2.93. The number of hydrogen-bond acceptors (Lipinski definition) is 5. The molecule has 0 radical (unpaired) electrons. The van der Waals surface area contributed by atoms with Crippen molar-refractivity contribution in [3.8, 4) is 0 Å². The van der Waals surface area contributed by atoms with Crippen molar-refractivity contribution >= 4 is 29.2 Å². The Morgan fingerprint density at radius 3 is 2.65 bits per heavy atom. The van der Waals surface area contributed by atoms with Crippen molar-refractivity contribution in [3.63, 3.8) is 0 Å². The Kier molecular flexibility index (Phi) is 5.87. The molecule has 3 N–H and O–H groups in total. The molecule has 1 rings (SSSR count). The van der Waals surface area contributed by atoms with E-state index in [9.17, 15) is 14.4 Å². The number of rotatable bonds is 6. The molecule has 0 atom stereocenters. The fourth-order valence-electron chi connectivity index (χ4n) is 1.78. The average Bonchev–Trinajstić information content (AvgIpc) is 2.38. The van der Waals surface area contributed by atoms with Gasteiger partial charge in [-0.2, -0.15) is 11.8 Å². The highest BCUT2D eigenvalue weighted by Crippen LogP contribution is 2.16. The first-order chi connectivity index (χ1) is 9.43. The summed E-state index contributed by atoms with van der Waals surface area (Å²) < 4.78 is 1.29. The highest BCUT2D eigenvalue weighted by Gasteiger charge is 2.20. The van der Waals surface area contributed by atoms with Gasteiger partial charge in [0.1, 0.15) is 5.82 Å². The zero-order chi connectivity index (χ0) is 15.3. The average molecular weight is 300 g/mol. The van der Waals surface area contributed by atoms with E-state index in [1.807, 2.05) is 6.92 Å². The summed E-state index contributed by atoms with van der Waals surface area (Å²) in [6.07, 6.45) is 3.45. The van der Waals surface area contributed by atoms with Gasteiger partial charge in [-0.1, -0.05) is 13.3 Å². The number of unbranched alkanes of at least 4 members (excludes halogenated alkanes) is 1. The number of nitrogens with one attached hydrogen (secondary N) is 1. The lowest BCUT2D eigenvalue weighted by molar-refractivity contribution is -0.115. The second-order valence-electron chi connectivity index (χ2n) is 4.38. The van der Waals surface area contributed by atoms with Crippen LogP contribution in [0.5, 0.6) is 0 Å². The van der Waals surface area contributed by atoms with Crippen LogP contribution < -0.4 is 21.9 Å². The van der Waals surface area contributed by atoms with E-state index in [1.54, 1.807) is 6.26 Å². The maximum atomic E-state index is 11.9. The molecule has 8 heteroatoms. The number of aromatic amines is 1. The van der Waals surface area contributed by atoms with Crippen LogP contribution in [0.1, 0.15) is 19.8 Å². The minimum atomic E-state index is -0.641. The van der Waals surface area contributed by atoms with Crippen LogP contribution in [0.3, 0.4) is 0 Å². The van der Waals surface area contributed by atoms with Gasteiger partial charge >= 0.3 is 5.69 Å². The lowest BCUT2D eigenvalue weighted by atomic mass is 10.3. The molecular weight excluding hydrogens is 280 g/mol. The Morgan fingerprint density at radius 2 is 2.10 bits per heavy atom. The first-order valence-corrected chi connectivity index (χ1v) is 7.71. The highest BCUT2D eigenvalue weighted by molar-refractivity contribution is 7.99. The maximum Gasteiger partial charge on any atom is 0.330 e. The molecule has 0 saturated carbocycles. The van der Waals surface area contributed by atoms with Crippen LogP contribution >= 0.6 is 11.8 Å². The topological polar surface area (TPSA) is 101 Å². The van der Waals surface area contributed by atoms with Crippen molar-refractivity contribution in [1.29, 1.82) is 0 Å². The van der Waals surface area contributed by atoms with Crippen LogP contribution in [-0.2, 0) is 11.3 Å². The molecule has 0 aliphatic rings. The largest absolute Gasteiger partial charge is 0.383 e. The molecule has 20 heavy (non-hydrogen) atoms. The second kappa shape index (κ2) is 7.18. The number of nitrogen functional groups attached to an aromatic ring is 1. The fraction of sp³-hybridized carbons (Fsp3) is 0.583. The first kappa shape index (κ1) is 16.4. The predicted octanol–water partition coefficient (Wildman–Crippen LogP) is 0.245. The van der Waals surface area contributed by atoms with Gasteiger partial charge in [-0.25, -0.2) is 4.79 Å². The highest BCUT2D eigenvalue weighted by atomic mass is 32.2. The number of aromatic nitrogens is 2. The number of carbonyl (C=O) groups excluding carboxylic acids is 1. The molecule has 1 heterocycles. The van der Waals surface area contributed by atoms with E-state index >= 15 is 0 Å². The van der Waals surface area contributed by atoms with E-state index < -0.39 is 11.2 Å². The molecule has 0 fully saturated rings. The summed E-state index contributed by atoms with van der Waals surface area (Å²) in [4.78, 5) is 38.9. The van der Waals surface area contributed by atoms with Crippen molar-refractivity contribution in [2.24, 2.45) is 0 Å². The quantitative estimate of drug-likeness (QED) is 0.784. The van der Waals surface area contributed by atoms with Gasteiger partial charge in [-0.3, -0.25) is 19.1 Å². The monoisotopic (exact) mass is 300 g/mol. The Bertz CT molecular complexity index is 593. The normalized spacial score (nSPS) is 10.6. The number of H-pyrrole nitrogens is 1. The van der Waals surface area contributed by atoms with E-state index in [2.05, 4.69) is 4.98 Å². The van der Waals surface area contributed by atoms with Gasteiger partial charge in [0.25, 0.3) is 5.56 Å². The summed E-state index contributed by atoms with van der Waals surface area (Å²) in [5.74, 6) is 0.0308. The predicted molar refractivity (Wildman–Crippen MR) is 82.4 cm³/mol. The van der Waals surface area contributed by atoms with E-state index in [0.717, 1.165) is 12.8 Å². The molecule has 0 aliphatic heterocycles. The molecule has 0 unspecified atom stereocenters. The lowest BCUT2D eigenvalue weighted by Crippen LogP contribution is -2.39. The second-order valence-corrected chi connectivity index (χ2v) is 5.25. The van der Waals surface area contributed by atoms with Crippen LogP contribution in [0.4, 0.5) is 11.5 Å². The number of anilines is 2. The van der Waals surface area contributed by atoms with Gasteiger partial charge in [0.2, 0.25) is 5.91 Å². The number of amides is 1.